The molecule has 1 N–H and O–H groups in total. The fraction of sp³-hybridized carbons (Fsp3) is 0.333. The number of nitrogens with zero attached hydrogens (tertiary/aromatic N) is 3. The lowest BCUT2D eigenvalue weighted by Crippen LogP contribution is -2.05. The Morgan fingerprint density at radius 2 is 2.14 bits per heavy atom. The van der Waals surface area contributed by atoms with E-state index in [1.54, 1.807) is 15.3 Å². The molecule has 0 saturated heterocycles. The van der Waals surface area contributed by atoms with E-state index < -0.39 is 0 Å². The summed E-state index contributed by atoms with van der Waals surface area (Å²) in [5.74, 6) is -0.287. The Balaban J connectivity index is 2.39. The number of para-hydroxylation sites is 1. The van der Waals surface area contributed by atoms with Gasteiger partial charge in [0.2, 0.25) is 0 Å². The van der Waals surface area contributed by atoms with Gasteiger partial charge < -0.3 is 4.98 Å². The third-order valence-electron chi connectivity index (χ3n) is 3.64. The van der Waals surface area contributed by atoms with Crippen molar-refractivity contribution in [3.8, 4) is 5.69 Å². The van der Waals surface area contributed by atoms with Crippen LogP contribution in [0.25, 0.3) is 16.9 Å². The molecule has 0 radical (unpaired) electrons. The van der Waals surface area contributed by atoms with Crippen LogP contribution in [0.1, 0.15) is 24.6 Å². The zero-order valence-electron chi connectivity index (χ0n) is 12.3. The summed E-state index contributed by atoms with van der Waals surface area (Å²) in [7, 11) is 1.86. The third kappa shape index (κ3) is 2.10. The van der Waals surface area contributed by atoms with Gasteiger partial charge in [-0.05, 0) is 37.2 Å². The maximum atomic E-state index is 14.3. The van der Waals surface area contributed by atoms with Crippen molar-refractivity contribution in [2.75, 3.05) is 0 Å². The number of halogens is 1. The van der Waals surface area contributed by atoms with Gasteiger partial charge in [-0.2, -0.15) is 5.10 Å². The van der Waals surface area contributed by atoms with Crippen molar-refractivity contribution in [2.24, 2.45) is 7.05 Å². The first-order valence-corrected chi connectivity index (χ1v) is 7.37. The predicted molar refractivity (Wildman–Crippen MR) is 83.9 cm³/mol. The number of aromatic amines is 1. The van der Waals surface area contributed by atoms with Gasteiger partial charge in [0, 0.05) is 7.05 Å². The molecule has 0 spiro atoms. The molecule has 110 valence electrons. The molecule has 0 aliphatic rings. The van der Waals surface area contributed by atoms with Gasteiger partial charge in [0.1, 0.15) is 11.3 Å². The quantitative estimate of drug-likeness (QED) is 0.747. The maximum absolute atomic E-state index is 14.3. The van der Waals surface area contributed by atoms with Crippen LogP contribution in [-0.2, 0) is 13.5 Å². The van der Waals surface area contributed by atoms with Crippen LogP contribution in [-0.4, -0.2) is 19.3 Å². The van der Waals surface area contributed by atoms with Crippen molar-refractivity contribution in [1.82, 2.24) is 19.3 Å². The predicted octanol–water partition coefficient (Wildman–Crippen LogP) is 3.82. The highest BCUT2D eigenvalue weighted by molar-refractivity contribution is 7.71. The molecule has 1 aromatic carbocycles. The van der Waals surface area contributed by atoms with E-state index in [2.05, 4.69) is 17.0 Å². The number of H-pyrrole nitrogens is 1. The third-order valence-corrected chi connectivity index (χ3v) is 3.92. The van der Waals surface area contributed by atoms with Gasteiger partial charge in [-0.1, -0.05) is 25.5 Å². The Morgan fingerprint density at radius 1 is 1.38 bits per heavy atom. The molecular weight excluding hydrogens is 287 g/mol. The molecule has 0 unspecified atom stereocenters. The highest BCUT2D eigenvalue weighted by Crippen LogP contribution is 2.26. The van der Waals surface area contributed by atoms with Crippen molar-refractivity contribution >= 4 is 23.4 Å². The normalized spacial score (nSPS) is 11.4. The number of benzene rings is 1. The second-order valence-electron chi connectivity index (χ2n) is 5.19. The summed E-state index contributed by atoms with van der Waals surface area (Å²) in [5.41, 5.74) is 3.99. The zero-order chi connectivity index (χ0) is 15.1. The number of nitrogens with one attached hydrogen (secondary N) is 1. The van der Waals surface area contributed by atoms with Crippen LogP contribution in [0, 0.1) is 17.5 Å². The summed E-state index contributed by atoms with van der Waals surface area (Å²) in [4.78, 5) is 3.18. The van der Waals surface area contributed by atoms with Crippen LogP contribution in [0.3, 0.4) is 0 Å². The molecule has 2 aromatic heterocycles. The van der Waals surface area contributed by atoms with Gasteiger partial charge in [0.25, 0.3) is 0 Å². The second-order valence-corrected chi connectivity index (χ2v) is 5.58. The summed E-state index contributed by atoms with van der Waals surface area (Å²) in [6.07, 6.45) is 1.86. The highest BCUT2D eigenvalue weighted by Gasteiger charge is 2.18. The minimum absolute atomic E-state index is 0.287. The van der Waals surface area contributed by atoms with Crippen molar-refractivity contribution < 1.29 is 4.39 Å². The SMILES string of the molecule is CCCc1nn(C)c2c1[nH]c(=S)n2-c1c(C)cccc1F. The van der Waals surface area contributed by atoms with E-state index in [1.165, 1.54) is 6.07 Å². The van der Waals surface area contributed by atoms with E-state index in [4.69, 9.17) is 12.2 Å². The zero-order valence-corrected chi connectivity index (χ0v) is 13.1. The molecule has 0 amide bonds. The summed E-state index contributed by atoms with van der Waals surface area (Å²) in [6.45, 7) is 3.98. The molecule has 0 atom stereocenters. The average Bonchev–Trinajstić information content (AvgIpc) is 2.90. The lowest BCUT2D eigenvalue weighted by Gasteiger charge is -2.09. The lowest BCUT2D eigenvalue weighted by molar-refractivity contribution is 0.615. The fourth-order valence-corrected chi connectivity index (χ4v) is 3.02. The second kappa shape index (κ2) is 5.11. The number of fused-ring (bicyclic) bond motifs is 1. The first-order chi connectivity index (χ1) is 10.0. The number of hydrogen-bond acceptors (Lipinski definition) is 2. The Hall–Kier alpha value is -1.95. The van der Waals surface area contributed by atoms with Crippen LogP contribution < -0.4 is 0 Å². The molecule has 2 heterocycles. The number of aromatic nitrogens is 4. The van der Waals surface area contributed by atoms with Gasteiger partial charge in [-0.3, -0.25) is 4.57 Å². The molecule has 4 nitrogen and oxygen atoms in total. The molecular formula is C15H17FN4S. The monoisotopic (exact) mass is 304 g/mol. The Kier molecular flexibility index (Phi) is 3.41. The van der Waals surface area contributed by atoms with Crippen molar-refractivity contribution in [3.63, 3.8) is 0 Å². The van der Waals surface area contributed by atoms with E-state index in [1.807, 2.05) is 20.0 Å². The van der Waals surface area contributed by atoms with Crippen LogP contribution in [0.15, 0.2) is 18.2 Å². The van der Waals surface area contributed by atoms with E-state index in [0.29, 0.717) is 10.5 Å². The van der Waals surface area contributed by atoms with Crippen molar-refractivity contribution in [1.29, 1.82) is 0 Å². The Labute approximate surface area is 127 Å². The van der Waals surface area contributed by atoms with Gasteiger partial charge in [0.05, 0.1) is 11.4 Å². The molecule has 3 aromatic rings. The maximum Gasteiger partial charge on any atom is 0.184 e. The standard InChI is InChI=1S/C15H17FN4S/c1-4-6-11-12-14(19(3)18-11)20(15(21)17-12)13-9(2)7-5-8-10(13)16/h5,7-8H,4,6H2,1-3H3,(H,17,21). The molecule has 0 aliphatic carbocycles. The smallest absolute Gasteiger partial charge is 0.184 e. The fourth-order valence-electron chi connectivity index (χ4n) is 2.74. The summed E-state index contributed by atoms with van der Waals surface area (Å²) < 4.78 is 18.3. The highest BCUT2D eigenvalue weighted by atomic mass is 32.1. The molecule has 0 fully saturated rings. The molecule has 21 heavy (non-hydrogen) atoms. The molecule has 0 aliphatic heterocycles. The average molecular weight is 304 g/mol. The lowest BCUT2D eigenvalue weighted by atomic mass is 10.2. The topological polar surface area (TPSA) is 38.5 Å². The van der Waals surface area contributed by atoms with E-state index in [9.17, 15) is 4.39 Å². The molecule has 3 rings (SSSR count). The number of rotatable bonds is 3. The van der Waals surface area contributed by atoms with Gasteiger partial charge in [-0.15, -0.1) is 0 Å². The molecule has 0 bridgehead atoms. The van der Waals surface area contributed by atoms with Crippen LogP contribution >= 0.6 is 12.2 Å². The van der Waals surface area contributed by atoms with E-state index in [0.717, 1.165) is 35.3 Å². The van der Waals surface area contributed by atoms with Crippen LogP contribution in [0.2, 0.25) is 0 Å². The van der Waals surface area contributed by atoms with Gasteiger partial charge in [-0.25, -0.2) is 9.07 Å². The van der Waals surface area contributed by atoms with Crippen molar-refractivity contribution in [3.05, 3.63) is 40.0 Å². The minimum atomic E-state index is -0.287. The van der Waals surface area contributed by atoms with Crippen molar-refractivity contribution in [2.45, 2.75) is 26.7 Å². The van der Waals surface area contributed by atoms with Crippen LogP contribution in [0.5, 0.6) is 0 Å². The van der Waals surface area contributed by atoms with Gasteiger partial charge >= 0.3 is 0 Å². The van der Waals surface area contributed by atoms with Gasteiger partial charge in [0.15, 0.2) is 10.4 Å². The Bertz CT molecular complexity index is 852. The Morgan fingerprint density at radius 3 is 2.81 bits per heavy atom. The summed E-state index contributed by atoms with van der Waals surface area (Å²) in [5, 5.41) is 4.52. The molecule has 6 heteroatoms. The number of imidazole rings is 1. The molecule has 0 saturated carbocycles. The first-order valence-electron chi connectivity index (χ1n) is 6.96. The van der Waals surface area contributed by atoms with E-state index in [-0.39, 0.29) is 5.82 Å². The largest absolute Gasteiger partial charge is 0.327 e. The number of aryl methyl sites for hydroxylation is 3. The first kappa shape index (κ1) is 14.0. The summed E-state index contributed by atoms with van der Waals surface area (Å²) in [6, 6.07) is 5.03. The van der Waals surface area contributed by atoms with Crippen LogP contribution in [0.4, 0.5) is 4.39 Å². The summed E-state index contributed by atoms with van der Waals surface area (Å²) >= 11 is 5.41. The number of hydrogen-bond donors (Lipinski definition) is 1. The van der Waals surface area contributed by atoms with E-state index >= 15 is 0 Å². The minimum Gasteiger partial charge on any atom is -0.327 e.